The van der Waals surface area contributed by atoms with Crippen LogP contribution >= 0.6 is 25.8 Å². The third-order valence-corrected chi connectivity index (χ3v) is 13.1. The van der Waals surface area contributed by atoms with Gasteiger partial charge in [-0.2, -0.15) is 18.7 Å². The number of amides is 1. The molecular weight excluding hydrogens is 892 g/mol. The largest absolute Gasteiger partial charge is 0.453 e. The molecule has 1 aromatic carbocycles. The molecule has 3 fully saturated rings. The first kappa shape index (κ1) is 45.0. The van der Waals surface area contributed by atoms with Crippen molar-refractivity contribution in [3.05, 3.63) is 75.3 Å². The summed E-state index contributed by atoms with van der Waals surface area (Å²) in [5.41, 5.74) is 3.55. The van der Waals surface area contributed by atoms with Gasteiger partial charge in [0.2, 0.25) is 18.1 Å². The molecule has 6 heterocycles. The van der Waals surface area contributed by atoms with E-state index in [1.54, 1.807) is 18.2 Å². The van der Waals surface area contributed by atoms with Crippen LogP contribution < -0.4 is 22.3 Å². The molecule has 9 atom stereocenters. The number of hydrogen-bond acceptors (Lipinski definition) is 17. The van der Waals surface area contributed by atoms with E-state index in [1.165, 1.54) is 16.7 Å². The molecule has 0 saturated carbocycles. The number of benzene rings is 1. The molecule has 4 unspecified atom stereocenters. The highest BCUT2D eigenvalue weighted by Gasteiger charge is 2.63. The summed E-state index contributed by atoms with van der Waals surface area (Å²) in [4.78, 5) is 77.7. The second-order valence-electron chi connectivity index (χ2n) is 14.2. The number of fused-ring (bicyclic) bond motifs is 4. The van der Waals surface area contributed by atoms with E-state index in [0.717, 1.165) is 31.4 Å². The van der Waals surface area contributed by atoms with E-state index >= 15 is 8.78 Å². The summed E-state index contributed by atoms with van der Waals surface area (Å²) in [7, 11) is 0. The van der Waals surface area contributed by atoms with Crippen LogP contribution in [0.1, 0.15) is 62.3 Å². The minimum absolute atomic E-state index is 0.0697. The van der Waals surface area contributed by atoms with Crippen LogP contribution in [0.4, 0.5) is 20.5 Å². The third kappa shape index (κ3) is 9.66. The van der Waals surface area contributed by atoms with E-state index in [1.807, 2.05) is 13.8 Å². The zero-order valence-electron chi connectivity index (χ0n) is 32.1. The second-order valence-corrected chi connectivity index (χ2v) is 19.8. The molecule has 4 aromatic rings. The van der Waals surface area contributed by atoms with Gasteiger partial charge in [-0.3, -0.25) is 37.3 Å². The number of aromatic nitrogens is 6. The van der Waals surface area contributed by atoms with Gasteiger partial charge in [0.05, 0.1) is 25.1 Å². The molecule has 27 heteroatoms. The van der Waals surface area contributed by atoms with E-state index in [9.17, 15) is 28.6 Å². The molecule has 0 aliphatic carbocycles. The van der Waals surface area contributed by atoms with E-state index < -0.39 is 92.8 Å². The highest BCUT2D eigenvalue weighted by molar-refractivity contribution is 8.44. The number of nitrogen functional groups attached to an aromatic ring is 1. The van der Waals surface area contributed by atoms with Gasteiger partial charge in [-0.05, 0) is 42.8 Å². The molecule has 3 saturated heterocycles. The van der Waals surface area contributed by atoms with Crippen LogP contribution in [0.3, 0.4) is 0 Å². The van der Waals surface area contributed by atoms with Gasteiger partial charge in [-0.25, -0.2) is 19.1 Å². The van der Waals surface area contributed by atoms with E-state index in [2.05, 4.69) is 37.5 Å². The maximum Gasteiger partial charge on any atom is 0.386 e. The standard InChI is InChI=1S/C34H40F2N8O13P2S2/c1-3-8-17(9-4-2)27(45)39-21-12-13-43(33(48)40-21)31-34(35,36)25-20(54-31)15-52-58(49,60)56-24-23(55-30(47)18-10-6-5-7-11-18)19(14-51-59(50,61)57-25)53-29(24)44-16-38-22-26(44)41-32(37)42-28(22)46/h5-7,10-13,16-17,19-20,23-25,29,31H,3-4,8-9,14-15H2,1-2H3,(H,49,60)(H,50,61)(H3,37,41,42,46)(H,39,40,45,48)/t19-,20-,23?,24+,25?,29-,31-,58?,59?/m1/s1. The molecule has 7 rings (SSSR count). The number of carbonyl (C=O) groups is 2. The van der Waals surface area contributed by atoms with Crippen molar-refractivity contribution < 1.29 is 60.1 Å². The lowest BCUT2D eigenvalue weighted by Gasteiger charge is -2.28. The zero-order chi connectivity index (χ0) is 43.9. The number of nitrogens with one attached hydrogen (secondary N) is 2. The Hall–Kier alpha value is -4.00. The molecule has 0 spiro atoms. The summed E-state index contributed by atoms with van der Waals surface area (Å²) in [5, 5.41) is 2.55. The smallest absolute Gasteiger partial charge is 0.386 e. The monoisotopic (exact) mass is 932 g/mol. The molecule has 21 nitrogen and oxygen atoms in total. The number of halogens is 2. The second kappa shape index (κ2) is 18.0. The van der Waals surface area contributed by atoms with Crippen molar-refractivity contribution in [3.63, 3.8) is 0 Å². The van der Waals surface area contributed by atoms with Gasteiger partial charge < -0.3 is 34.7 Å². The molecule has 0 radical (unpaired) electrons. The Balaban J connectivity index is 1.20. The van der Waals surface area contributed by atoms with Crippen molar-refractivity contribution in [1.29, 1.82) is 0 Å². The Bertz CT molecular complexity index is 2490. The number of alkyl halides is 2. The minimum Gasteiger partial charge on any atom is -0.453 e. The maximum absolute atomic E-state index is 16.4. The van der Waals surface area contributed by atoms with E-state index in [0.29, 0.717) is 17.4 Å². The zero-order valence-corrected chi connectivity index (χ0v) is 35.6. The lowest BCUT2D eigenvalue weighted by Crippen LogP contribution is -2.43. The van der Waals surface area contributed by atoms with Gasteiger partial charge in [-0.1, -0.05) is 57.1 Å². The first-order valence-corrected chi connectivity index (χ1v) is 24.1. The predicted molar refractivity (Wildman–Crippen MR) is 216 cm³/mol. The number of rotatable bonds is 10. The van der Waals surface area contributed by atoms with Crippen molar-refractivity contribution in [2.75, 3.05) is 24.3 Å². The third-order valence-electron chi connectivity index (χ3n) is 9.90. The van der Waals surface area contributed by atoms with Gasteiger partial charge in [-0.15, -0.1) is 0 Å². The van der Waals surface area contributed by atoms with Crippen molar-refractivity contribution in [1.82, 2.24) is 29.1 Å². The number of carbonyl (C=O) groups excluding carboxylic acids is 2. The number of hydrogen-bond donors (Lipinski definition) is 5. The van der Waals surface area contributed by atoms with Gasteiger partial charge in [0.25, 0.3) is 5.56 Å². The van der Waals surface area contributed by atoms with Gasteiger partial charge in [0, 0.05) is 12.1 Å². The topological polar surface area (TPSA) is 273 Å². The average Bonchev–Trinajstić information content (AvgIpc) is 3.84. The molecule has 1 amide bonds. The first-order valence-electron chi connectivity index (χ1n) is 18.8. The van der Waals surface area contributed by atoms with Crippen LogP contribution in [0.15, 0.2) is 58.5 Å². The van der Waals surface area contributed by atoms with Gasteiger partial charge in [0.15, 0.2) is 35.7 Å². The number of esters is 1. The predicted octanol–water partition coefficient (Wildman–Crippen LogP) is 3.84. The first-order chi connectivity index (χ1) is 28.9. The van der Waals surface area contributed by atoms with Crippen LogP contribution in [0.25, 0.3) is 11.2 Å². The SMILES string of the molecule is CCCC(CCC)C(=O)Nc1ccn([C@@H]2O[C@@H]3COP(=O)(S)O[C@H]4C(OC(=O)c5ccccc5)[C@@H](COP(O)(=S)OC3C2(F)F)O[C@H]4n2cnc3c(=O)[nH]c(N)nc32)c(=O)n1. The normalized spacial score (nSPS) is 30.2. The maximum atomic E-state index is 16.4. The lowest BCUT2D eigenvalue weighted by molar-refractivity contribution is -0.138. The number of imidazole rings is 1. The van der Waals surface area contributed by atoms with E-state index in [-0.39, 0.29) is 40.3 Å². The number of nitrogens with zero attached hydrogens (tertiary/aromatic N) is 5. The van der Waals surface area contributed by atoms with Crippen LogP contribution in [-0.4, -0.2) is 95.5 Å². The molecule has 3 aromatic heterocycles. The average molecular weight is 933 g/mol. The number of ether oxygens (including phenoxy) is 3. The minimum atomic E-state index is -4.78. The van der Waals surface area contributed by atoms with Crippen LogP contribution in [0.5, 0.6) is 0 Å². The Kier molecular flexibility index (Phi) is 13.3. The summed E-state index contributed by atoms with van der Waals surface area (Å²) in [6.45, 7) is -7.57. The summed E-state index contributed by atoms with van der Waals surface area (Å²) in [5.74, 6) is -6.35. The van der Waals surface area contributed by atoms with E-state index in [4.69, 9.17) is 49.8 Å². The fourth-order valence-electron chi connectivity index (χ4n) is 7.13. The highest BCUT2D eigenvalue weighted by Crippen LogP contribution is 2.60. The summed E-state index contributed by atoms with van der Waals surface area (Å²) < 4.78 is 88.5. The van der Waals surface area contributed by atoms with Gasteiger partial charge >= 0.3 is 31.1 Å². The Morgan fingerprint density at radius 1 is 1.08 bits per heavy atom. The fraction of sp³-hybridized carbons (Fsp3) is 0.500. The van der Waals surface area contributed by atoms with Gasteiger partial charge in [0.1, 0.15) is 18.0 Å². The van der Waals surface area contributed by atoms with Crippen molar-refractivity contribution in [2.24, 2.45) is 5.92 Å². The number of nitrogens with two attached hydrogens (primary N) is 1. The van der Waals surface area contributed by atoms with Crippen LogP contribution in [0, 0.1) is 5.92 Å². The summed E-state index contributed by atoms with van der Waals surface area (Å²) in [6.07, 6.45) is -8.54. The van der Waals surface area contributed by atoms with Crippen LogP contribution in [0.2, 0.25) is 0 Å². The number of H-pyrrole nitrogens is 1. The van der Waals surface area contributed by atoms with Crippen molar-refractivity contribution in [2.45, 2.75) is 88.4 Å². The Morgan fingerprint density at radius 3 is 2.48 bits per heavy atom. The number of thiol groups is 1. The molecule has 3 aliphatic heterocycles. The fourth-order valence-corrected chi connectivity index (χ4v) is 10.0. The lowest BCUT2D eigenvalue weighted by atomic mass is 9.97. The van der Waals surface area contributed by atoms with Crippen molar-refractivity contribution in [3.8, 4) is 0 Å². The highest BCUT2D eigenvalue weighted by atomic mass is 32.7. The Labute approximate surface area is 354 Å². The number of anilines is 2. The van der Waals surface area contributed by atoms with Crippen LogP contribution in [-0.2, 0) is 53.5 Å². The summed E-state index contributed by atoms with van der Waals surface area (Å²) in [6, 6.07) is 8.79. The Morgan fingerprint density at radius 2 is 1.79 bits per heavy atom. The molecule has 330 valence electrons. The summed E-state index contributed by atoms with van der Waals surface area (Å²) >= 11 is 9.27. The molecule has 61 heavy (non-hydrogen) atoms. The molecule has 3 aliphatic rings. The molecular formula is C34H40F2N8O13P2S2. The number of aromatic amines is 1. The molecule has 5 N–H and O–H groups in total. The van der Waals surface area contributed by atoms with Crippen molar-refractivity contribution >= 4 is 72.4 Å². The molecule has 2 bridgehead atoms. The quantitative estimate of drug-likeness (QED) is 0.0858.